The van der Waals surface area contributed by atoms with Gasteiger partial charge in [0.25, 0.3) is 0 Å². The van der Waals surface area contributed by atoms with Crippen molar-refractivity contribution in [1.82, 2.24) is 0 Å². The molecule has 0 heterocycles. The summed E-state index contributed by atoms with van der Waals surface area (Å²) < 4.78 is 19.8. The number of rotatable bonds is 9. The molecule has 0 bridgehead atoms. The van der Waals surface area contributed by atoms with E-state index in [0.29, 0.717) is 0 Å². The molecule has 0 saturated heterocycles. The molecule has 0 aromatic carbocycles. The first-order valence-electron chi connectivity index (χ1n) is 5.01. The van der Waals surface area contributed by atoms with Crippen molar-refractivity contribution in [3.8, 4) is 0 Å². The normalized spacial score (nSPS) is 19.1. The van der Waals surface area contributed by atoms with E-state index in [1.807, 2.05) is 0 Å². The van der Waals surface area contributed by atoms with Crippen LogP contribution in [0.25, 0.3) is 0 Å². The van der Waals surface area contributed by atoms with Gasteiger partial charge >= 0.3 is 0 Å². The lowest BCUT2D eigenvalue weighted by atomic mass is 10.0. The van der Waals surface area contributed by atoms with Gasteiger partial charge in [-0.05, 0) is 0 Å². The average Bonchev–Trinajstić information content (AvgIpc) is 2.31. The van der Waals surface area contributed by atoms with Crippen LogP contribution >= 0.6 is 0 Å². The minimum atomic E-state index is -1.09. The van der Waals surface area contributed by atoms with Crippen LogP contribution in [0.15, 0.2) is 0 Å². The largest absolute Gasteiger partial charge is 0.388 e. The second kappa shape index (κ2) is 8.86. The zero-order valence-corrected chi connectivity index (χ0v) is 10.3. The van der Waals surface area contributed by atoms with Crippen LogP contribution in [0, 0.1) is 0 Å². The summed E-state index contributed by atoms with van der Waals surface area (Å²) in [6, 6.07) is 0. The van der Waals surface area contributed by atoms with E-state index in [9.17, 15) is 10.2 Å². The molecule has 0 amide bonds. The van der Waals surface area contributed by atoms with Crippen LogP contribution in [0.3, 0.4) is 0 Å². The minimum absolute atomic E-state index is 0.193. The van der Waals surface area contributed by atoms with Crippen LogP contribution in [0.5, 0.6) is 0 Å². The summed E-state index contributed by atoms with van der Waals surface area (Å²) in [6.07, 6.45) is -3.39. The predicted octanol–water partition coefficient (Wildman–Crippen LogP) is -0.969. The van der Waals surface area contributed by atoms with Crippen molar-refractivity contribution >= 4 is 0 Å². The molecule has 0 fully saturated rings. The van der Waals surface area contributed by atoms with Crippen LogP contribution in [0.1, 0.15) is 0 Å². The highest BCUT2D eigenvalue weighted by molar-refractivity contribution is 4.82. The topological polar surface area (TPSA) is 77.4 Å². The molecular weight excluding hydrogens is 216 g/mol. The number of aliphatic hydroxyl groups excluding tert-OH is 2. The Hall–Kier alpha value is -0.240. The molecule has 6 nitrogen and oxygen atoms in total. The molecule has 0 rings (SSSR count). The molecule has 98 valence electrons. The standard InChI is InChI=1S/C10H22O6/c1-13-5-7(15-3)9(11)10(12)8(16-4)6-14-2/h7-12H,5-6H2,1-4H3/t7-,8+,9-,10-/m1/s1. The Kier molecular flexibility index (Phi) is 8.73. The summed E-state index contributed by atoms with van der Waals surface area (Å²) in [5.41, 5.74) is 0. The molecule has 4 atom stereocenters. The number of ether oxygens (including phenoxy) is 4. The Balaban J connectivity index is 4.35. The van der Waals surface area contributed by atoms with Crippen molar-refractivity contribution in [2.45, 2.75) is 24.4 Å². The lowest BCUT2D eigenvalue weighted by Gasteiger charge is -2.29. The van der Waals surface area contributed by atoms with Gasteiger partial charge in [0, 0.05) is 28.4 Å². The summed E-state index contributed by atoms with van der Waals surface area (Å²) in [7, 11) is 5.87. The van der Waals surface area contributed by atoms with Gasteiger partial charge in [0.2, 0.25) is 0 Å². The number of aliphatic hydroxyl groups is 2. The monoisotopic (exact) mass is 238 g/mol. The Labute approximate surface area is 96.1 Å². The zero-order chi connectivity index (χ0) is 12.6. The van der Waals surface area contributed by atoms with E-state index in [2.05, 4.69) is 0 Å². The highest BCUT2D eigenvalue weighted by Gasteiger charge is 2.32. The van der Waals surface area contributed by atoms with Gasteiger partial charge in [0.15, 0.2) is 0 Å². The molecule has 6 heteroatoms. The summed E-state index contributed by atoms with van der Waals surface area (Å²) in [6.45, 7) is 0.385. The highest BCUT2D eigenvalue weighted by Crippen LogP contribution is 2.10. The first-order valence-corrected chi connectivity index (χ1v) is 5.01. The fraction of sp³-hybridized carbons (Fsp3) is 1.00. The van der Waals surface area contributed by atoms with Crippen LogP contribution < -0.4 is 0 Å². The zero-order valence-electron chi connectivity index (χ0n) is 10.3. The predicted molar refractivity (Wildman–Crippen MR) is 57.4 cm³/mol. The fourth-order valence-electron chi connectivity index (χ4n) is 1.38. The van der Waals surface area contributed by atoms with Gasteiger partial charge in [-0.3, -0.25) is 0 Å². The van der Waals surface area contributed by atoms with Crippen LogP contribution in [-0.2, 0) is 18.9 Å². The molecule has 0 aromatic heterocycles. The fourth-order valence-corrected chi connectivity index (χ4v) is 1.38. The molecule has 0 aromatic rings. The smallest absolute Gasteiger partial charge is 0.111 e. The maximum Gasteiger partial charge on any atom is 0.111 e. The second-order valence-corrected chi connectivity index (χ2v) is 3.44. The third-order valence-electron chi connectivity index (χ3n) is 2.38. The van der Waals surface area contributed by atoms with Gasteiger partial charge < -0.3 is 29.2 Å². The van der Waals surface area contributed by atoms with E-state index in [1.54, 1.807) is 0 Å². The maximum absolute atomic E-state index is 9.85. The molecule has 0 aliphatic rings. The van der Waals surface area contributed by atoms with Crippen molar-refractivity contribution < 1.29 is 29.2 Å². The van der Waals surface area contributed by atoms with E-state index >= 15 is 0 Å². The summed E-state index contributed by atoms with van der Waals surface area (Å²) in [5, 5.41) is 19.7. The van der Waals surface area contributed by atoms with Crippen molar-refractivity contribution in [1.29, 1.82) is 0 Å². The quantitative estimate of drug-likeness (QED) is 0.538. The lowest BCUT2D eigenvalue weighted by Crippen LogP contribution is -2.48. The molecule has 0 unspecified atom stereocenters. The van der Waals surface area contributed by atoms with Crippen molar-refractivity contribution in [2.75, 3.05) is 41.7 Å². The molecule has 2 N–H and O–H groups in total. The molecular formula is C10H22O6. The lowest BCUT2D eigenvalue weighted by molar-refractivity contribution is -0.145. The van der Waals surface area contributed by atoms with E-state index < -0.39 is 24.4 Å². The third-order valence-corrected chi connectivity index (χ3v) is 2.38. The van der Waals surface area contributed by atoms with Crippen LogP contribution in [0.4, 0.5) is 0 Å². The third kappa shape index (κ3) is 4.73. The van der Waals surface area contributed by atoms with Gasteiger partial charge in [-0.15, -0.1) is 0 Å². The van der Waals surface area contributed by atoms with Gasteiger partial charge in [-0.2, -0.15) is 0 Å². The van der Waals surface area contributed by atoms with Crippen LogP contribution in [0.2, 0.25) is 0 Å². The molecule has 0 saturated carbocycles. The van der Waals surface area contributed by atoms with Gasteiger partial charge in [0.1, 0.15) is 24.4 Å². The number of hydrogen-bond donors (Lipinski definition) is 2. The van der Waals surface area contributed by atoms with Crippen molar-refractivity contribution in [3.05, 3.63) is 0 Å². The molecule has 16 heavy (non-hydrogen) atoms. The Morgan fingerprint density at radius 3 is 1.25 bits per heavy atom. The van der Waals surface area contributed by atoms with Gasteiger partial charge in [0.05, 0.1) is 13.2 Å². The Bertz CT molecular complexity index is 147. The first kappa shape index (κ1) is 15.8. The SMILES string of the molecule is COC[C@H](OC)[C@@H](O)[C@H](O)[C@@H](COC)OC. The molecule has 0 aliphatic heterocycles. The summed E-state index contributed by atoms with van der Waals surface area (Å²) in [5.74, 6) is 0. The highest BCUT2D eigenvalue weighted by atomic mass is 16.5. The van der Waals surface area contributed by atoms with Crippen LogP contribution in [-0.4, -0.2) is 76.3 Å². The van der Waals surface area contributed by atoms with E-state index in [0.717, 1.165) is 0 Å². The van der Waals surface area contributed by atoms with Gasteiger partial charge in [-0.1, -0.05) is 0 Å². The second-order valence-electron chi connectivity index (χ2n) is 3.44. The van der Waals surface area contributed by atoms with E-state index in [4.69, 9.17) is 18.9 Å². The molecule has 0 spiro atoms. The minimum Gasteiger partial charge on any atom is -0.388 e. The summed E-state index contributed by atoms with van der Waals surface area (Å²) >= 11 is 0. The Morgan fingerprint density at radius 1 is 0.750 bits per heavy atom. The average molecular weight is 238 g/mol. The maximum atomic E-state index is 9.85. The van der Waals surface area contributed by atoms with E-state index in [-0.39, 0.29) is 13.2 Å². The summed E-state index contributed by atoms with van der Waals surface area (Å²) in [4.78, 5) is 0. The Morgan fingerprint density at radius 2 is 1.06 bits per heavy atom. The van der Waals surface area contributed by atoms with Gasteiger partial charge in [-0.25, -0.2) is 0 Å². The first-order chi connectivity index (χ1) is 7.62. The van der Waals surface area contributed by atoms with Crippen molar-refractivity contribution in [2.24, 2.45) is 0 Å². The van der Waals surface area contributed by atoms with Crippen molar-refractivity contribution in [3.63, 3.8) is 0 Å². The molecule has 0 aliphatic carbocycles. The number of hydrogen-bond acceptors (Lipinski definition) is 6. The molecule has 0 radical (unpaired) electrons. The number of methoxy groups -OCH3 is 4. The van der Waals surface area contributed by atoms with E-state index in [1.165, 1.54) is 28.4 Å².